The van der Waals surface area contributed by atoms with Gasteiger partial charge in [0.25, 0.3) is 0 Å². The summed E-state index contributed by atoms with van der Waals surface area (Å²) in [5, 5.41) is 0. The number of nitrogens with zero attached hydrogens (tertiary/aromatic N) is 2. The number of rotatable bonds is 8. The van der Waals surface area contributed by atoms with E-state index in [-0.39, 0.29) is 23.9 Å². The summed E-state index contributed by atoms with van der Waals surface area (Å²) in [4.78, 5) is 29.5. The van der Waals surface area contributed by atoms with Gasteiger partial charge in [0.2, 0.25) is 11.8 Å². The zero-order valence-corrected chi connectivity index (χ0v) is 21.7. The van der Waals surface area contributed by atoms with E-state index in [4.69, 9.17) is 18.9 Å². The van der Waals surface area contributed by atoms with Crippen LogP contribution in [0, 0.1) is 0 Å². The van der Waals surface area contributed by atoms with Crippen LogP contribution in [-0.4, -0.2) is 75.2 Å². The second-order valence-electron chi connectivity index (χ2n) is 8.57. The molecule has 0 saturated carbocycles. The molecule has 2 aromatic carbocycles. The molecular formula is C28H34N2O6. The average molecular weight is 495 g/mol. The Morgan fingerprint density at radius 2 is 1.03 bits per heavy atom. The van der Waals surface area contributed by atoms with E-state index in [0.717, 1.165) is 11.1 Å². The first-order chi connectivity index (χ1) is 17.3. The zero-order valence-electron chi connectivity index (χ0n) is 21.7. The normalized spacial score (nSPS) is 17.9. The first-order valence-corrected chi connectivity index (χ1v) is 11.7. The number of ether oxygens (including phenoxy) is 4. The van der Waals surface area contributed by atoms with Crippen LogP contribution in [0.1, 0.15) is 25.0 Å². The van der Waals surface area contributed by atoms with Gasteiger partial charge in [0.1, 0.15) is 0 Å². The zero-order chi connectivity index (χ0) is 26.2. The molecular weight excluding hydrogens is 460 g/mol. The molecule has 0 bridgehead atoms. The van der Waals surface area contributed by atoms with Crippen LogP contribution < -0.4 is 18.9 Å². The van der Waals surface area contributed by atoms with Crippen LogP contribution in [0.4, 0.5) is 0 Å². The fourth-order valence-electron chi connectivity index (χ4n) is 4.18. The molecule has 0 spiro atoms. The van der Waals surface area contributed by atoms with Gasteiger partial charge in [-0.1, -0.05) is 12.1 Å². The molecule has 2 unspecified atom stereocenters. The predicted octanol–water partition coefficient (Wildman–Crippen LogP) is 3.90. The Balaban J connectivity index is 1.64. The molecule has 0 radical (unpaired) electrons. The minimum absolute atomic E-state index is 0.0999. The van der Waals surface area contributed by atoms with E-state index in [9.17, 15) is 9.59 Å². The van der Waals surface area contributed by atoms with Crippen LogP contribution in [0.3, 0.4) is 0 Å². The summed E-state index contributed by atoms with van der Waals surface area (Å²) in [6, 6.07) is 10.7. The number of amides is 2. The second kappa shape index (κ2) is 12.2. The SMILES string of the molecule is COc1ccc(C=CC(=O)N2CC(C)N(C(=O)C=Cc3ccc(OC)c(OC)c3)CC2C)cc1OC. The standard InChI is InChI=1S/C28H34N2O6/c1-19-17-30(28(32)14-10-22-8-12-24(34-4)26(16-22)36-6)20(2)18-29(19)27(31)13-9-21-7-11-23(33-3)25(15-21)35-5/h7-16,19-20H,17-18H2,1-6H3. The van der Waals surface area contributed by atoms with Gasteiger partial charge in [-0.2, -0.15) is 0 Å². The van der Waals surface area contributed by atoms with E-state index in [1.54, 1.807) is 74.7 Å². The van der Waals surface area contributed by atoms with Gasteiger partial charge in [0.05, 0.1) is 28.4 Å². The van der Waals surface area contributed by atoms with Crippen molar-refractivity contribution in [1.82, 2.24) is 9.80 Å². The molecule has 192 valence electrons. The summed E-state index contributed by atoms with van der Waals surface area (Å²) in [5.74, 6) is 2.26. The third-order valence-electron chi connectivity index (χ3n) is 6.20. The smallest absolute Gasteiger partial charge is 0.246 e. The lowest BCUT2D eigenvalue weighted by molar-refractivity contribution is -0.139. The van der Waals surface area contributed by atoms with Crippen LogP contribution in [0.15, 0.2) is 48.6 Å². The topological polar surface area (TPSA) is 77.5 Å². The van der Waals surface area contributed by atoms with Gasteiger partial charge in [-0.05, 0) is 61.4 Å². The minimum Gasteiger partial charge on any atom is -0.493 e. The van der Waals surface area contributed by atoms with E-state index in [1.165, 1.54) is 0 Å². The first kappa shape index (κ1) is 26.7. The van der Waals surface area contributed by atoms with Gasteiger partial charge in [-0.25, -0.2) is 0 Å². The van der Waals surface area contributed by atoms with Gasteiger partial charge in [-0.3, -0.25) is 9.59 Å². The van der Waals surface area contributed by atoms with Crippen molar-refractivity contribution in [3.05, 3.63) is 59.7 Å². The van der Waals surface area contributed by atoms with Gasteiger partial charge in [0, 0.05) is 37.3 Å². The highest BCUT2D eigenvalue weighted by Crippen LogP contribution is 2.29. The number of hydrogen-bond acceptors (Lipinski definition) is 6. The van der Waals surface area contributed by atoms with Crippen LogP contribution in [0.5, 0.6) is 23.0 Å². The minimum atomic E-state index is -0.123. The third kappa shape index (κ3) is 6.19. The molecule has 8 heteroatoms. The van der Waals surface area contributed by atoms with Crippen LogP contribution in [-0.2, 0) is 9.59 Å². The number of benzene rings is 2. The van der Waals surface area contributed by atoms with Crippen LogP contribution in [0.2, 0.25) is 0 Å². The van der Waals surface area contributed by atoms with Gasteiger partial charge >= 0.3 is 0 Å². The molecule has 2 atom stereocenters. The van der Waals surface area contributed by atoms with Crippen molar-refractivity contribution in [2.45, 2.75) is 25.9 Å². The lowest BCUT2D eigenvalue weighted by Gasteiger charge is -2.43. The highest BCUT2D eigenvalue weighted by Gasteiger charge is 2.32. The van der Waals surface area contributed by atoms with Crippen molar-refractivity contribution < 1.29 is 28.5 Å². The number of piperazine rings is 1. The van der Waals surface area contributed by atoms with Crippen molar-refractivity contribution in [2.24, 2.45) is 0 Å². The number of carbonyl (C=O) groups is 2. The highest BCUT2D eigenvalue weighted by molar-refractivity contribution is 5.94. The molecule has 1 heterocycles. The van der Waals surface area contributed by atoms with E-state index < -0.39 is 0 Å². The lowest BCUT2D eigenvalue weighted by Crippen LogP contribution is -2.59. The lowest BCUT2D eigenvalue weighted by atomic mass is 10.1. The fraction of sp³-hybridized carbons (Fsp3) is 0.357. The number of methoxy groups -OCH3 is 4. The molecule has 0 aliphatic carbocycles. The van der Waals surface area contributed by atoms with E-state index >= 15 is 0 Å². The Morgan fingerprint density at radius 1 is 0.667 bits per heavy atom. The molecule has 1 aliphatic rings. The van der Waals surface area contributed by atoms with Crippen molar-refractivity contribution >= 4 is 24.0 Å². The molecule has 1 saturated heterocycles. The largest absolute Gasteiger partial charge is 0.493 e. The number of hydrogen-bond donors (Lipinski definition) is 0. The molecule has 1 fully saturated rings. The number of carbonyl (C=O) groups excluding carboxylic acids is 2. The molecule has 36 heavy (non-hydrogen) atoms. The fourth-order valence-corrected chi connectivity index (χ4v) is 4.18. The summed E-state index contributed by atoms with van der Waals surface area (Å²) in [6.07, 6.45) is 6.62. The molecule has 3 rings (SSSR count). The Hall–Kier alpha value is -3.94. The van der Waals surface area contributed by atoms with Gasteiger partial charge in [0.15, 0.2) is 23.0 Å². The van der Waals surface area contributed by atoms with Gasteiger partial charge in [-0.15, -0.1) is 0 Å². The maximum Gasteiger partial charge on any atom is 0.246 e. The molecule has 0 aromatic heterocycles. The molecule has 2 aromatic rings. The van der Waals surface area contributed by atoms with Gasteiger partial charge < -0.3 is 28.7 Å². The Kier molecular flexibility index (Phi) is 9.00. The monoisotopic (exact) mass is 494 g/mol. The van der Waals surface area contributed by atoms with Crippen LogP contribution >= 0.6 is 0 Å². The molecule has 1 aliphatic heterocycles. The summed E-state index contributed by atoms with van der Waals surface area (Å²) >= 11 is 0. The summed E-state index contributed by atoms with van der Waals surface area (Å²) in [7, 11) is 6.30. The van der Waals surface area contributed by atoms with Crippen molar-refractivity contribution in [2.75, 3.05) is 41.5 Å². The summed E-state index contributed by atoms with van der Waals surface area (Å²) in [5.41, 5.74) is 1.66. The van der Waals surface area contributed by atoms with E-state index in [0.29, 0.717) is 36.1 Å². The van der Waals surface area contributed by atoms with E-state index in [2.05, 4.69) is 0 Å². The third-order valence-corrected chi connectivity index (χ3v) is 6.20. The average Bonchev–Trinajstić information content (AvgIpc) is 2.90. The Bertz CT molecular complexity index is 1050. The summed E-state index contributed by atoms with van der Waals surface area (Å²) < 4.78 is 21.2. The van der Waals surface area contributed by atoms with Crippen LogP contribution in [0.25, 0.3) is 12.2 Å². The van der Waals surface area contributed by atoms with Crippen molar-refractivity contribution in [3.8, 4) is 23.0 Å². The first-order valence-electron chi connectivity index (χ1n) is 11.7. The quantitative estimate of drug-likeness (QED) is 0.518. The molecule has 8 nitrogen and oxygen atoms in total. The Labute approximate surface area is 212 Å². The predicted molar refractivity (Wildman–Crippen MR) is 140 cm³/mol. The van der Waals surface area contributed by atoms with Crippen molar-refractivity contribution in [1.29, 1.82) is 0 Å². The highest BCUT2D eigenvalue weighted by atomic mass is 16.5. The summed E-state index contributed by atoms with van der Waals surface area (Å²) in [6.45, 7) is 4.80. The maximum absolute atomic E-state index is 12.9. The second-order valence-corrected chi connectivity index (χ2v) is 8.57. The van der Waals surface area contributed by atoms with Crippen molar-refractivity contribution in [3.63, 3.8) is 0 Å². The Morgan fingerprint density at radius 3 is 1.36 bits per heavy atom. The maximum atomic E-state index is 12.9. The molecule has 2 amide bonds. The molecule has 0 N–H and O–H groups in total. The van der Waals surface area contributed by atoms with E-state index in [1.807, 2.05) is 38.1 Å².